The number of Topliss-reactive ketones (excluding diaryl/α,β-unsaturated/α-hetero) is 1. The lowest BCUT2D eigenvalue weighted by molar-refractivity contribution is -0.117. The number of rotatable bonds is 2. The van der Waals surface area contributed by atoms with Gasteiger partial charge in [-0.2, -0.15) is 0 Å². The van der Waals surface area contributed by atoms with Crippen molar-refractivity contribution >= 4 is 5.78 Å². The number of hydrogen-bond acceptors (Lipinski definition) is 2. The topological polar surface area (TPSA) is 34.9 Å². The van der Waals surface area contributed by atoms with Crippen molar-refractivity contribution in [1.29, 1.82) is 0 Å². The molecule has 76 valence electrons. The smallest absolute Gasteiger partial charge is 0.149 e. The molecule has 0 aromatic carbocycles. The Kier molecular flexibility index (Phi) is 2.40. The molecule has 0 fully saturated rings. The van der Waals surface area contributed by atoms with Gasteiger partial charge in [-0.1, -0.05) is 0 Å². The normalized spacial score (nSPS) is 15.3. The van der Waals surface area contributed by atoms with Gasteiger partial charge in [0.05, 0.1) is 12.2 Å². The summed E-state index contributed by atoms with van der Waals surface area (Å²) in [6.45, 7) is 4.12. The van der Waals surface area contributed by atoms with E-state index >= 15 is 0 Å². The number of carbonyl (C=O) groups is 1. The maximum atomic E-state index is 11.1. The van der Waals surface area contributed by atoms with Crippen molar-refractivity contribution in [2.45, 2.75) is 46.1 Å². The van der Waals surface area contributed by atoms with E-state index in [9.17, 15) is 4.79 Å². The van der Waals surface area contributed by atoms with Crippen LogP contribution in [-0.2, 0) is 24.2 Å². The van der Waals surface area contributed by atoms with Crippen molar-refractivity contribution < 1.29 is 4.79 Å². The first kappa shape index (κ1) is 9.44. The van der Waals surface area contributed by atoms with Gasteiger partial charge in [-0.05, 0) is 39.5 Å². The molecular formula is C11H16N2O. The molecule has 0 saturated heterocycles. The predicted molar refractivity (Wildman–Crippen MR) is 54.3 cm³/mol. The van der Waals surface area contributed by atoms with Crippen LogP contribution >= 0.6 is 0 Å². The van der Waals surface area contributed by atoms with E-state index in [1.54, 1.807) is 6.92 Å². The summed E-state index contributed by atoms with van der Waals surface area (Å²) in [5.41, 5.74) is 2.51. The molecule has 3 nitrogen and oxygen atoms in total. The summed E-state index contributed by atoms with van der Waals surface area (Å²) in [5.74, 6) is 1.20. The predicted octanol–water partition coefficient (Wildman–Crippen LogP) is 1.66. The Morgan fingerprint density at radius 2 is 2.14 bits per heavy atom. The Hall–Kier alpha value is -1.12. The van der Waals surface area contributed by atoms with Gasteiger partial charge >= 0.3 is 0 Å². The van der Waals surface area contributed by atoms with E-state index in [4.69, 9.17) is 0 Å². The largest absolute Gasteiger partial charge is 0.325 e. The van der Waals surface area contributed by atoms with Crippen molar-refractivity contribution in [3.05, 3.63) is 17.2 Å². The maximum absolute atomic E-state index is 11.1. The molecule has 1 aliphatic rings. The second kappa shape index (κ2) is 3.56. The van der Waals surface area contributed by atoms with E-state index in [0.29, 0.717) is 6.54 Å². The Bertz CT molecular complexity index is 366. The lowest BCUT2D eigenvalue weighted by Crippen LogP contribution is -2.13. The first-order valence-electron chi connectivity index (χ1n) is 5.23. The molecule has 2 rings (SSSR count). The van der Waals surface area contributed by atoms with Crippen LogP contribution in [0.15, 0.2) is 0 Å². The highest BCUT2D eigenvalue weighted by molar-refractivity contribution is 5.75. The summed E-state index contributed by atoms with van der Waals surface area (Å²) in [7, 11) is 0. The van der Waals surface area contributed by atoms with Crippen LogP contribution in [0.1, 0.15) is 37.0 Å². The van der Waals surface area contributed by atoms with Crippen molar-refractivity contribution in [2.24, 2.45) is 0 Å². The number of carbonyl (C=O) groups excluding carboxylic acids is 1. The highest BCUT2D eigenvalue weighted by Gasteiger charge is 2.18. The van der Waals surface area contributed by atoms with Crippen LogP contribution in [0.5, 0.6) is 0 Å². The van der Waals surface area contributed by atoms with Crippen LogP contribution in [0.2, 0.25) is 0 Å². The molecule has 1 aliphatic carbocycles. The summed E-state index contributed by atoms with van der Waals surface area (Å²) < 4.78 is 2.08. The molecule has 0 amide bonds. The van der Waals surface area contributed by atoms with Gasteiger partial charge < -0.3 is 4.57 Å². The zero-order chi connectivity index (χ0) is 10.1. The van der Waals surface area contributed by atoms with Crippen molar-refractivity contribution in [3.8, 4) is 0 Å². The van der Waals surface area contributed by atoms with Crippen molar-refractivity contribution in [1.82, 2.24) is 9.55 Å². The second-order valence-electron chi connectivity index (χ2n) is 4.05. The molecule has 0 radical (unpaired) electrons. The molecule has 0 saturated carbocycles. The zero-order valence-corrected chi connectivity index (χ0v) is 8.84. The van der Waals surface area contributed by atoms with Crippen LogP contribution in [0.25, 0.3) is 0 Å². The van der Waals surface area contributed by atoms with Crippen LogP contribution in [0.3, 0.4) is 0 Å². The molecule has 0 atom stereocenters. The Balaban J connectivity index is 2.37. The van der Waals surface area contributed by atoms with Gasteiger partial charge in [0.1, 0.15) is 11.6 Å². The summed E-state index contributed by atoms with van der Waals surface area (Å²) in [4.78, 5) is 15.6. The Labute approximate surface area is 84.1 Å². The van der Waals surface area contributed by atoms with E-state index in [0.717, 1.165) is 18.7 Å². The highest BCUT2D eigenvalue weighted by Crippen LogP contribution is 2.21. The van der Waals surface area contributed by atoms with Gasteiger partial charge in [0.25, 0.3) is 0 Å². The number of aryl methyl sites for hydroxylation is 2. The van der Waals surface area contributed by atoms with E-state index in [1.165, 1.54) is 24.2 Å². The van der Waals surface area contributed by atoms with Gasteiger partial charge in [0, 0.05) is 5.69 Å². The van der Waals surface area contributed by atoms with Crippen LogP contribution < -0.4 is 0 Å². The Morgan fingerprint density at radius 3 is 2.86 bits per heavy atom. The highest BCUT2D eigenvalue weighted by atomic mass is 16.1. The number of fused-ring (bicyclic) bond motifs is 1. The molecule has 3 heteroatoms. The lowest BCUT2D eigenvalue weighted by atomic mass is 10.0. The van der Waals surface area contributed by atoms with Crippen LogP contribution in [0, 0.1) is 6.92 Å². The molecule has 0 N–H and O–H groups in total. The molecular weight excluding hydrogens is 176 g/mol. The SMILES string of the molecule is CC(=O)Cn1c(C)nc2c1CCCC2. The van der Waals surface area contributed by atoms with E-state index in [2.05, 4.69) is 9.55 Å². The quantitative estimate of drug-likeness (QED) is 0.714. The molecule has 1 aromatic heterocycles. The average Bonchev–Trinajstić information content (AvgIpc) is 2.43. The molecule has 0 unspecified atom stereocenters. The molecule has 1 aromatic rings. The minimum atomic E-state index is 0.207. The number of aromatic nitrogens is 2. The maximum Gasteiger partial charge on any atom is 0.149 e. The number of ketones is 1. The lowest BCUT2D eigenvalue weighted by Gasteiger charge is -2.13. The molecule has 0 spiro atoms. The summed E-state index contributed by atoms with van der Waals surface area (Å²) in [5, 5.41) is 0. The van der Waals surface area contributed by atoms with Crippen LogP contribution in [-0.4, -0.2) is 15.3 Å². The monoisotopic (exact) mass is 192 g/mol. The average molecular weight is 192 g/mol. The fourth-order valence-electron chi connectivity index (χ4n) is 2.17. The minimum absolute atomic E-state index is 0.207. The molecule has 14 heavy (non-hydrogen) atoms. The van der Waals surface area contributed by atoms with Gasteiger partial charge in [-0.15, -0.1) is 0 Å². The summed E-state index contributed by atoms with van der Waals surface area (Å²) in [6, 6.07) is 0. The molecule has 0 aliphatic heterocycles. The van der Waals surface area contributed by atoms with Gasteiger partial charge in [-0.25, -0.2) is 4.98 Å². The number of hydrogen-bond donors (Lipinski definition) is 0. The zero-order valence-electron chi connectivity index (χ0n) is 8.84. The van der Waals surface area contributed by atoms with Gasteiger partial charge in [-0.3, -0.25) is 4.79 Å². The van der Waals surface area contributed by atoms with E-state index in [1.807, 2.05) is 6.92 Å². The third-order valence-corrected chi connectivity index (χ3v) is 2.80. The first-order chi connectivity index (χ1) is 6.68. The fraction of sp³-hybridized carbons (Fsp3) is 0.636. The third kappa shape index (κ3) is 1.59. The number of imidazole rings is 1. The molecule has 1 heterocycles. The van der Waals surface area contributed by atoms with Gasteiger partial charge in [0.15, 0.2) is 0 Å². The fourth-order valence-corrected chi connectivity index (χ4v) is 2.17. The first-order valence-corrected chi connectivity index (χ1v) is 5.23. The second-order valence-corrected chi connectivity index (χ2v) is 4.05. The standard InChI is InChI=1S/C11H16N2O/c1-8(14)7-13-9(2)12-10-5-3-4-6-11(10)13/h3-7H2,1-2H3. The van der Waals surface area contributed by atoms with E-state index in [-0.39, 0.29) is 5.78 Å². The van der Waals surface area contributed by atoms with E-state index < -0.39 is 0 Å². The summed E-state index contributed by atoms with van der Waals surface area (Å²) >= 11 is 0. The van der Waals surface area contributed by atoms with Crippen molar-refractivity contribution in [3.63, 3.8) is 0 Å². The Morgan fingerprint density at radius 1 is 1.43 bits per heavy atom. The van der Waals surface area contributed by atoms with Gasteiger partial charge in [0.2, 0.25) is 0 Å². The summed E-state index contributed by atoms with van der Waals surface area (Å²) in [6.07, 6.45) is 4.64. The minimum Gasteiger partial charge on any atom is -0.325 e. The van der Waals surface area contributed by atoms with Crippen LogP contribution in [0.4, 0.5) is 0 Å². The molecule has 0 bridgehead atoms. The number of nitrogens with zero attached hydrogens (tertiary/aromatic N) is 2. The van der Waals surface area contributed by atoms with Crippen molar-refractivity contribution in [2.75, 3.05) is 0 Å². The third-order valence-electron chi connectivity index (χ3n) is 2.80.